The highest BCUT2D eigenvalue weighted by atomic mass is 19.1. The van der Waals surface area contributed by atoms with Gasteiger partial charge in [0, 0.05) is 37.4 Å². The first-order valence-electron chi connectivity index (χ1n) is 10.6. The zero-order valence-corrected chi connectivity index (χ0v) is 17.6. The number of rotatable bonds is 6. The summed E-state index contributed by atoms with van der Waals surface area (Å²) in [5, 5.41) is 6.05. The lowest BCUT2D eigenvalue weighted by molar-refractivity contribution is -0.129. The fourth-order valence-electron chi connectivity index (χ4n) is 3.68. The Bertz CT molecular complexity index is 1060. The normalized spacial score (nSPS) is 13.5. The molecule has 3 aromatic rings. The molecule has 164 valence electrons. The Labute approximate surface area is 186 Å². The Morgan fingerprint density at radius 3 is 2.09 bits per heavy atom. The van der Waals surface area contributed by atoms with E-state index < -0.39 is 0 Å². The standard InChI is InChI=1S/C25H25FN4O2/c26-20-10-12-21(13-11-20)29-14-16-30(17-15-29)24(31)18-27-22-8-4-5-9-23(22)28-25(32)19-6-2-1-3-7-19/h1-13,27H,14-18H2,(H,28,32). The third kappa shape index (κ3) is 5.24. The smallest absolute Gasteiger partial charge is 0.255 e. The fourth-order valence-corrected chi connectivity index (χ4v) is 3.68. The predicted octanol–water partition coefficient (Wildman–Crippen LogP) is 3.84. The summed E-state index contributed by atoms with van der Waals surface area (Å²) in [5.74, 6) is -0.468. The molecule has 3 aromatic carbocycles. The van der Waals surface area contributed by atoms with Crippen molar-refractivity contribution in [1.29, 1.82) is 0 Å². The van der Waals surface area contributed by atoms with Gasteiger partial charge in [-0.15, -0.1) is 0 Å². The van der Waals surface area contributed by atoms with E-state index in [0.29, 0.717) is 43.1 Å². The molecule has 1 aliphatic heterocycles. The van der Waals surface area contributed by atoms with Crippen LogP contribution in [-0.4, -0.2) is 49.4 Å². The van der Waals surface area contributed by atoms with Gasteiger partial charge < -0.3 is 20.4 Å². The Kier molecular flexibility index (Phi) is 6.65. The van der Waals surface area contributed by atoms with Gasteiger partial charge in [0.1, 0.15) is 5.82 Å². The number of halogens is 1. The van der Waals surface area contributed by atoms with Gasteiger partial charge in [0.05, 0.1) is 17.9 Å². The molecule has 0 aliphatic carbocycles. The van der Waals surface area contributed by atoms with Crippen molar-refractivity contribution in [2.45, 2.75) is 0 Å². The molecule has 32 heavy (non-hydrogen) atoms. The van der Waals surface area contributed by atoms with E-state index in [4.69, 9.17) is 0 Å². The van der Waals surface area contributed by atoms with Gasteiger partial charge in [-0.3, -0.25) is 9.59 Å². The number of para-hydroxylation sites is 2. The van der Waals surface area contributed by atoms with E-state index in [0.717, 1.165) is 5.69 Å². The quantitative estimate of drug-likeness (QED) is 0.621. The Hall–Kier alpha value is -3.87. The maximum Gasteiger partial charge on any atom is 0.255 e. The summed E-state index contributed by atoms with van der Waals surface area (Å²) in [7, 11) is 0. The molecule has 0 spiro atoms. The summed E-state index contributed by atoms with van der Waals surface area (Å²) in [4.78, 5) is 29.2. The van der Waals surface area contributed by atoms with Gasteiger partial charge in [-0.05, 0) is 48.5 Å². The van der Waals surface area contributed by atoms with E-state index in [2.05, 4.69) is 15.5 Å². The summed E-state index contributed by atoms with van der Waals surface area (Å²) in [6, 6.07) is 22.7. The minimum absolute atomic E-state index is 0.00653. The molecule has 1 heterocycles. The average molecular weight is 432 g/mol. The Balaban J connectivity index is 1.31. The fraction of sp³-hybridized carbons (Fsp3) is 0.200. The van der Waals surface area contributed by atoms with E-state index >= 15 is 0 Å². The number of nitrogens with one attached hydrogen (secondary N) is 2. The second kappa shape index (κ2) is 9.96. The van der Waals surface area contributed by atoms with Gasteiger partial charge >= 0.3 is 0 Å². The molecule has 2 N–H and O–H groups in total. The second-order valence-corrected chi connectivity index (χ2v) is 7.56. The first kappa shape index (κ1) is 21.4. The average Bonchev–Trinajstić information content (AvgIpc) is 2.84. The lowest BCUT2D eigenvalue weighted by Gasteiger charge is -2.36. The van der Waals surface area contributed by atoms with Crippen LogP contribution in [0.15, 0.2) is 78.9 Å². The van der Waals surface area contributed by atoms with E-state index in [1.54, 1.807) is 30.3 Å². The van der Waals surface area contributed by atoms with Gasteiger partial charge in [0.15, 0.2) is 0 Å². The van der Waals surface area contributed by atoms with Crippen molar-refractivity contribution in [2.75, 3.05) is 48.3 Å². The number of hydrogen-bond donors (Lipinski definition) is 2. The van der Waals surface area contributed by atoms with Crippen molar-refractivity contribution in [3.63, 3.8) is 0 Å². The SMILES string of the molecule is O=C(Nc1ccccc1NCC(=O)N1CCN(c2ccc(F)cc2)CC1)c1ccccc1. The first-order chi connectivity index (χ1) is 15.6. The number of nitrogens with zero attached hydrogens (tertiary/aromatic N) is 2. The summed E-state index contributed by atoms with van der Waals surface area (Å²) in [5.41, 5.74) is 2.84. The molecule has 7 heteroatoms. The van der Waals surface area contributed by atoms with E-state index in [-0.39, 0.29) is 24.2 Å². The van der Waals surface area contributed by atoms with Crippen molar-refractivity contribution >= 4 is 28.9 Å². The van der Waals surface area contributed by atoms with Crippen molar-refractivity contribution < 1.29 is 14.0 Å². The molecular weight excluding hydrogens is 407 g/mol. The van der Waals surface area contributed by atoms with Crippen molar-refractivity contribution in [3.8, 4) is 0 Å². The third-order valence-electron chi connectivity index (χ3n) is 5.47. The number of carbonyl (C=O) groups is 2. The molecule has 0 radical (unpaired) electrons. The Morgan fingerprint density at radius 1 is 0.781 bits per heavy atom. The van der Waals surface area contributed by atoms with Crippen LogP contribution >= 0.6 is 0 Å². The van der Waals surface area contributed by atoms with Crippen molar-refractivity contribution in [2.24, 2.45) is 0 Å². The van der Waals surface area contributed by atoms with Crippen LogP contribution in [0.1, 0.15) is 10.4 Å². The maximum atomic E-state index is 13.1. The summed E-state index contributed by atoms with van der Waals surface area (Å²) in [6.07, 6.45) is 0. The van der Waals surface area contributed by atoms with Crippen LogP contribution in [0.5, 0.6) is 0 Å². The summed E-state index contributed by atoms with van der Waals surface area (Å²) in [6.45, 7) is 2.73. The molecule has 0 aromatic heterocycles. The maximum absolute atomic E-state index is 13.1. The zero-order valence-electron chi connectivity index (χ0n) is 17.6. The van der Waals surface area contributed by atoms with Gasteiger partial charge in [-0.1, -0.05) is 30.3 Å². The number of anilines is 3. The minimum Gasteiger partial charge on any atom is -0.374 e. The zero-order chi connectivity index (χ0) is 22.3. The molecule has 1 aliphatic rings. The van der Waals surface area contributed by atoms with Crippen molar-refractivity contribution in [3.05, 3.63) is 90.2 Å². The lowest BCUT2D eigenvalue weighted by atomic mass is 10.2. The highest BCUT2D eigenvalue weighted by molar-refractivity contribution is 6.06. The van der Waals surface area contributed by atoms with Crippen LogP contribution < -0.4 is 15.5 Å². The molecule has 4 rings (SSSR count). The predicted molar refractivity (Wildman–Crippen MR) is 125 cm³/mol. The number of hydrogen-bond acceptors (Lipinski definition) is 4. The van der Waals surface area contributed by atoms with Crippen LogP contribution in [0.2, 0.25) is 0 Å². The van der Waals surface area contributed by atoms with Gasteiger partial charge in [-0.2, -0.15) is 0 Å². The van der Waals surface area contributed by atoms with E-state index in [1.807, 2.05) is 41.3 Å². The topological polar surface area (TPSA) is 64.7 Å². The molecule has 0 atom stereocenters. The van der Waals surface area contributed by atoms with Crippen LogP contribution in [0.25, 0.3) is 0 Å². The van der Waals surface area contributed by atoms with Crippen LogP contribution in [-0.2, 0) is 4.79 Å². The minimum atomic E-state index is -0.256. The van der Waals surface area contributed by atoms with E-state index in [1.165, 1.54) is 12.1 Å². The van der Waals surface area contributed by atoms with Gasteiger partial charge in [0.2, 0.25) is 5.91 Å². The number of carbonyl (C=O) groups excluding carboxylic acids is 2. The molecule has 2 amide bonds. The van der Waals surface area contributed by atoms with Crippen molar-refractivity contribution in [1.82, 2.24) is 4.90 Å². The second-order valence-electron chi connectivity index (χ2n) is 7.56. The molecule has 1 saturated heterocycles. The number of benzene rings is 3. The molecule has 1 fully saturated rings. The highest BCUT2D eigenvalue weighted by Crippen LogP contribution is 2.22. The van der Waals surface area contributed by atoms with Gasteiger partial charge in [-0.25, -0.2) is 4.39 Å². The summed E-state index contributed by atoms with van der Waals surface area (Å²) < 4.78 is 13.1. The van der Waals surface area contributed by atoms with Gasteiger partial charge in [0.25, 0.3) is 5.91 Å². The molecule has 0 unspecified atom stereocenters. The molecule has 0 bridgehead atoms. The van der Waals surface area contributed by atoms with Crippen LogP contribution in [0.4, 0.5) is 21.5 Å². The largest absolute Gasteiger partial charge is 0.374 e. The molecule has 6 nitrogen and oxygen atoms in total. The third-order valence-corrected chi connectivity index (χ3v) is 5.47. The monoisotopic (exact) mass is 432 g/mol. The molecule has 0 saturated carbocycles. The van der Waals surface area contributed by atoms with Crippen LogP contribution in [0.3, 0.4) is 0 Å². The van der Waals surface area contributed by atoms with E-state index in [9.17, 15) is 14.0 Å². The number of amides is 2. The highest BCUT2D eigenvalue weighted by Gasteiger charge is 2.21. The van der Waals surface area contributed by atoms with Crippen LogP contribution in [0, 0.1) is 5.82 Å². The first-order valence-corrected chi connectivity index (χ1v) is 10.6. The lowest BCUT2D eigenvalue weighted by Crippen LogP contribution is -2.50. The number of piperazine rings is 1. The summed E-state index contributed by atoms with van der Waals surface area (Å²) >= 11 is 0. The Morgan fingerprint density at radius 2 is 1.41 bits per heavy atom. The molecular formula is C25H25FN4O2.